The van der Waals surface area contributed by atoms with Crippen molar-refractivity contribution in [3.63, 3.8) is 0 Å². The van der Waals surface area contributed by atoms with E-state index in [0.717, 1.165) is 56.3 Å². The van der Waals surface area contributed by atoms with Crippen molar-refractivity contribution < 1.29 is 34.2 Å². The van der Waals surface area contributed by atoms with Crippen LogP contribution in [0.4, 0.5) is 0 Å². The summed E-state index contributed by atoms with van der Waals surface area (Å²) in [6.45, 7) is 5.61. The first-order valence-corrected chi connectivity index (χ1v) is 14.5. The molecule has 0 saturated heterocycles. The Labute approximate surface area is 219 Å². The minimum Gasteiger partial charge on any atom is -0.481 e. The zero-order chi connectivity index (χ0) is 26.9. The van der Waals surface area contributed by atoms with Gasteiger partial charge in [-0.25, -0.2) is 0 Å². The predicted octanol–water partition coefficient (Wildman–Crippen LogP) is 7.05. The summed E-state index contributed by atoms with van der Waals surface area (Å²) in [4.78, 5) is 32.8. The fourth-order valence-corrected chi connectivity index (χ4v) is 4.77. The van der Waals surface area contributed by atoms with Gasteiger partial charge in [0.2, 0.25) is 0 Å². The van der Waals surface area contributed by atoms with E-state index in [4.69, 9.17) is 15.3 Å². The molecular weight excluding hydrogens is 458 g/mol. The number of quaternary nitrogens is 1. The summed E-state index contributed by atoms with van der Waals surface area (Å²) in [5.74, 6) is -2.34. The number of unbranched alkanes of at least 4 members (excludes halogenated alkanes) is 12. The molecule has 0 fully saturated rings. The molecule has 0 heterocycles. The Hall–Kier alpha value is -1.89. The van der Waals surface area contributed by atoms with E-state index in [1.54, 1.807) is 0 Å². The molecule has 36 heavy (non-hydrogen) atoms. The maximum absolute atomic E-state index is 10.9. The molecule has 3 N–H and O–H groups in total. The highest BCUT2D eigenvalue weighted by molar-refractivity contribution is 5.67. The summed E-state index contributed by atoms with van der Waals surface area (Å²) in [5.41, 5.74) is 0. The van der Waals surface area contributed by atoms with Crippen LogP contribution < -0.4 is 0 Å². The molecule has 0 aliphatic heterocycles. The molecular formula is C29H54NO6+. The first-order chi connectivity index (χ1) is 17.3. The van der Waals surface area contributed by atoms with Gasteiger partial charge in [-0.2, -0.15) is 0 Å². The molecule has 0 bridgehead atoms. The first kappa shape index (κ1) is 34.1. The predicted molar refractivity (Wildman–Crippen MR) is 145 cm³/mol. The van der Waals surface area contributed by atoms with Crippen molar-refractivity contribution in [1.29, 1.82) is 0 Å². The number of carbonyl (C=O) groups is 3. The van der Waals surface area contributed by atoms with Crippen molar-refractivity contribution in [2.75, 3.05) is 26.2 Å². The third-order valence-electron chi connectivity index (χ3n) is 6.95. The van der Waals surface area contributed by atoms with Crippen LogP contribution in [0.25, 0.3) is 0 Å². The van der Waals surface area contributed by atoms with Gasteiger partial charge in [0, 0.05) is 19.3 Å². The second-order valence-electron chi connectivity index (χ2n) is 10.3. The average molecular weight is 513 g/mol. The van der Waals surface area contributed by atoms with E-state index in [1.807, 2.05) is 0 Å². The molecule has 0 rings (SSSR count). The van der Waals surface area contributed by atoms with Gasteiger partial charge in [-0.1, -0.05) is 64.4 Å². The zero-order valence-corrected chi connectivity index (χ0v) is 22.9. The maximum atomic E-state index is 10.9. The number of rotatable bonds is 27. The normalized spacial score (nSPS) is 11.8. The summed E-state index contributed by atoms with van der Waals surface area (Å²) in [6.07, 6.45) is 22.1. The van der Waals surface area contributed by atoms with Gasteiger partial charge in [-0.15, -0.1) is 0 Å². The van der Waals surface area contributed by atoms with Crippen molar-refractivity contribution in [3.8, 4) is 0 Å². The average Bonchev–Trinajstić information content (AvgIpc) is 2.82. The first-order valence-electron chi connectivity index (χ1n) is 14.5. The van der Waals surface area contributed by atoms with E-state index in [-0.39, 0.29) is 19.3 Å². The van der Waals surface area contributed by atoms with E-state index in [0.29, 0.717) is 19.3 Å². The largest absolute Gasteiger partial charge is 0.481 e. The fourth-order valence-electron chi connectivity index (χ4n) is 4.77. The minimum atomic E-state index is -0.781. The second-order valence-corrected chi connectivity index (χ2v) is 10.3. The van der Waals surface area contributed by atoms with Crippen LogP contribution >= 0.6 is 0 Å². The Morgan fingerprint density at radius 1 is 0.528 bits per heavy atom. The lowest BCUT2D eigenvalue weighted by Gasteiger charge is -2.38. The Kier molecular flexibility index (Phi) is 22.3. The molecule has 0 aliphatic carbocycles. The molecule has 0 spiro atoms. The molecule has 0 aromatic heterocycles. The topological polar surface area (TPSA) is 112 Å². The SMILES string of the molecule is CCCCCCCCCCC/C=C/C[N+](CCCCC(=O)O)(CCCCC(=O)O)CCCCC(=O)O. The lowest BCUT2D eigenvalue weighted by molar-refractivity contribution is -0.923. The quantitative estimate of drug-likeness (QED) is 0.0618. The van der Waals surface area contributed by atoms with Crippen LogP contribution in [0.2, 0.25) is 0 Å². The summed E-state index contributed by atoms with van der Waals surface area (Å²) >= 11 is 0. The number of hydrogen-bond acceptors (Lipinski definition) is 3. The fraction of sp³-hybridized carbons (Fsp3) is 0.828. The molecule has 0 aliphatic rings. The number of nitrogens with zero attached hydrogens (tertiary/aromatic N) is 1. The number of aliphatic carboxylic acids is 3. The van der Waals surface area contributed by atoms with Crippen LogP contribution in [-0.4, -0.2) is 63.9 Å². The molecule has 0 amide bonds. The third-order valence-corrected chi connectivity index (χ3v) is 6.95. The van der Waals surface area contributed by atoms with Crippen molar-refractivity contribution in [1.82, 2.24) is 0 Å². The highest BCUT2D eigenvalue weighted by Crippen LogP contribution is 2.18. The van der Waals surface area contributed by atoms with Crippen LogP contribution in [-0.2, 0) is 14.4 Å². The van der Waals surface area contributed by atoms with Crippen molar-refractivity contribution in [3.05, 3.63) is 12.2 Å². The summed E-state index contributed by atoms with van der Waals surface area (Å²) < 4.78 is 0.785. The monoisotopic (exact) mass is 512 g/mol. The standard InChI is InChI=1S/C29H53NO6/c1-2-3-4-5-6-7-8-9-10-11-12-16-23-30(24-17-13-20-27(31)32,25-18-14-21-28(33)34)26-19-15-22-29(35)36/h12,16H,2-11,13-15,17-26H2,1H3,(H2-,31,32,33,34,35,36)/p+1/b16-12+. The van der Waals surface area contributed by atoms with Crippen molar-refractivity contribution >= 4 is 17.9 Å². The molecule has 0 radical (unpaired) electrons. The van der Waals surface area contributed by atoms with Crippen LogP contribution in [0.1, 0.15) is 129 Å². The summed E-state index contributed by atoms with van der Waals surface area (Å²) in [7, 11) is 0. The Morgan fingerprint density at radius 2 is 0.917 bits per heavy atom. The van der Waals surface area contributed by atoms with Gasteiger partial charge in [0.15, 0.2) is 0 Å². The number of carboxylic acid groups (broad SMARTS) is 3. The van der Waals surface area contributed by atoms with Gasteiger partial charge >= 0.3 is 17.9 Å². The van der Waals surface area contributed by atoms with Crippen LogP contribution in [0.3, 0.4) is 0 Å². The number of carboxylic acids is 3. The van der Waals surface area contributed by atoms with Crippen molar-refractivity contribution in [2.24, 2.45) is 0 Å². The lowest BCUT2D eigenvalue weighted by Crippen LogP contribution is -2.50. The van der Waals surface area contributed by atoms with Crippen LogP contribution in [0, 0.1) is 0 Å². The summed E-state index contributed by atoms with van der Waals surface area (Å²) in [6, 6.07) is 0. The van der Waals surface area contributed by atoms with Crippen LogP contribution in [0.15, 0.2) is 12.2 Å². The smallest absolute Gasteiger partial charge is 0.303 e. The van der Waals surface area contributed by atoms with E-state index in [1.165, 1.54) is 57.8 Å². The van der Waals surface area contributed by atoms with Gasteiger partial charge in [0.05, 0.1) is 26.2 Å². The van der Waals surface area contributed by atoms with Crippen molar-refractivity contribution in [2.45, 2.75) is 129 Å². The second kappa shape index (κ2) is 23.5. The minimum absolute atomic E-state index is 0.159. The zero-order valence-electron chi connectivity index (χ0n) is 22.9. The van der Waals surface area contributed by atoms with Gasteiger partial charge in [-0.05, 0) is 57.4 Å². The maximum Gasteiger partial charge on any atom is 0.303 e. The summed E-state index contributed by atoms with van der Waals surface area (Å²) in [5, 5.41) is 27.0. The van der Waals surface area contributed by atoms with E-state index in [2.05, 4.69) is 19.1 Å². The van der Waals surface area contributed by atoms with Gasteiger partial charge in [0.25, 0.3) is 0 Å². The molecule has 7 heteroatoms. The third kappa shape index (κ3) is 22.6. The Morgan fingerprint density at radius 3 is 1.31 bits per heavy atom. The highest BCUT2D eigenvalue weighted by atomic mass is 16.4. The lowest BCUT2D eigenvalue weighted by atomic mass is 10.1. The van der Waals surface area contributed by atoms with Gasteiger partial charge in [-0.3, -0.25) is 14.4 Å². The van der Waals surface area contributed by atoms with Gasteiger partial charge < -0.3 is 19.8 Å². The molecule has 7 nitrogen and oxygen atoms in total. The van der Waals surface area contributed by atoms with E-state index >= 15 is 0 Å². The molecule has 0 atom stereocenters. The molecule has 0 aromatic carbocycles. The molecule has 0 saturated carbocycles. The molecule has 210 valence electrons. The van der Waals surface area contributed by atoms with Crippen LogP contribution in [0.5, 0.6) is 0 Å². The van der Waals surface area contributed by atoms with E-state index in [9.17, 15) is 14.4 Å². The van der Waals surface area contributed by atoms with E-state index < -0.39 is 17.9 Å². The number of hydrogen-bond donors (Lipinski definition) is 3. The Balaban J connectivity index is 4.75. The Bertz CT molecular complexity index is 550. The molecule has 0 unspecified atom stereocenters. The number of allylic oxidation sites excluding steroid dienone is 1. The highest BCUT2D eigenvalue weighted by Gasteiger charge is 2.25. The van der Waals surface area contributed by atoms with Gasteiger partial charge in [0.1, 0.15) is 0 Å². The molecule has 0 aromatic rings.